The highest BCUT2D eigenvalue weighted by Gasteiger charge is 2.35. The number of carbonyl (C=O) groups is 2. The fraction of sp³-hybridized carbons (Fsp3) is 0.364. The van der Waals surface area contributed by atoms with E-state index < -0.39 is 12.1 Å². The molecule has 1 aliphatic heterocycles. The molecule has 0 saturated carbocycles. The topological polar surface area (TPSA) is 74.3 Å². The largest absolute Gasteiger partial charge is 0.493 e. The monoisotopic (exact) mass is 399 g/mol. The second-order valence-electron chi connectivity index (χ2n) is 6.82. The minimum absolute atomic E-state index is 0.00308. The molecule has 0 radical (unpaired) electrons. The Morgan fingerprint density at radius 3 is 2.34 bits per heavy atom. The summed E-state index contributed by atoms with van der Waals surface area (Å²) in [7, 11) is 4.37. The third-order valence-electron chi connectivity index (χ3n) is 5.00. The van der Waals surface area contributed by atoms with Gasteiger partial charge in [0.1, 0.15) is 5.56 Å². The van der Waals surface area contributed by atoms with Crippen molar-refractivity contribution in [1.29, 1.82) is 0 Å². The normalized spacial score (nSPS) is 16.0. The molecule has 2 atom stereocenters. The molecule has 7 heteroatoms. The number of hydrogen-bond donors (Lipinski definition) is 0. The second kappa shape index (κ2) is 8.43. The van der Waals surface area contributed by atoms with E-state index in [1.807, 2.05) is 31.2 Å². The van der Waals surface area contributed by atoms with Crippen LogP contribution in [-0.2, 0) is 16.0 Å². The van der Waals surface area contributed by atoms with E-state index >= 15 is 0 Å². The van der Waals surface area contributed by atoms with Crippen LogP contribution >= 0.6 is 0 Å². The number of rotatable bonds is 6. The van der Waals surface area contributed by atoms with E-state index in [1.165, 1.54) is 27.4 Å². The molecule has 1 aliphatic rings. The molecular formula is C22H25NO6. The van der Waals surface area contributed by atoms with E-state index in [9.17, 15) is 9.59 Å². The molecular weight excluding hydrogens is 374 g/mol. The standard InChI is InChI=1S/C22H25NO6/c1-13-12-15-8-6-7-9-17(15)23(13)21(24)14(2)29-22(25)16-10-11-18(26-3)20(28-5)19(16)27-4/h6-11,13-14H,12H2,1-5H3/t13-,14-/m0/s1. The first-order valence-corrected chi connectivity index (χ1v) is 9.33. The van der Waals surface area contributed by atoms with E-state index in [0.717, 1.165) is 17.7 Å². The lowest BCUT2D eigenvalue weighted by Gasteiger charge is -2.26. The van der Waals surface area contributed by atoms with Gasteiger partial charge in [0.05, 0.1) is 21.3 Å². The number of ether oxygens (including phenoxy) is 4. The zero-order valence-electron chi connectivity index (χ0n) is 17.2. The molecule has 7 nitrogen and oxygen atoms in total. The molecule has 2 aromatic rings. The van der Waals surface area contributed by atoms with Crippen LogP contribution in [0.3, 0.4) is 0 Å². The van der Waals surface area contributed by atoms with Gasteiger partial charge in [-0.3, -0.25) is 4.79 Å². The highest BCUT2D eigenvalue weighted by Crippen LogP contribution is 2.40. The van der Waals surface area contributed by atoms with Gasteiger partial charge < -0.3 is 23.8 Å². The maximum Gasteiger partial charge on any atom is 0.342 e. The zero-order chi connectivity index (χ0) is 21.1. The lowest BCUT2D eigenvalue weighted by Crippen LogP contribution is -2.43. The quantitative estimate of drug-likeness (QED) is 0.695. The van der Waals surface area contributed by atoms with Gasteiger partial charge in [-0.15, -0.1) is 0 Å². The molecule has 0 bridgehead atoms. The van der Waals surface area contributed by atoms with Crippen LogP contribution in [0.5, 0.6) is 17.2 Å². The predicted octanol–water partition coefficient (Wildman–Crippen LogP) is 3.24. The summed E-state index contributed by atoms with van der Waals surface area (Å²) in [6.45, 7) is 3.55. The Balaban J connectivity index is 1.82. The molecule has 0 aliphatic carbocycles. The molecule has 154 valence electrons. The van der Waals surface area contributed by atoms with E-state index in [2.05, 4.69) is 0 Å². The maximum atomic E-state index is 13.0. The van der Waals surface area contributed by atoms with Crippen molar-refractivity contribution in [3.8, 4) is 17.2 Å². The smallest absolute Gasteiger partial charge is 0.342 e. The van der Waals surface area contributed by atoms with Crippen LogP contribution in [0.4, 0.5) is 5.69 Å². The van der Waals surface area contributed by atoms with Crippen LogP contribution in [0.25, 0.3) is 0 Å². The summed E-state index contributed by atoms with van der Waals surface area (Å²) in [5, 5.41) is 0. The van der Waals surface area contributed by atoms with Gasteiger partial charge in [0.25, 0.3) is 5.91 Å². The Hall–Kier alpha value is -3.22. The molecule has 1 amide bonds. The van der Waals surface area contributed by atoms with Crippen LogP contribution in [0.2, 0.25) is 0 Å². The summed E-state index contributed by atoms with van der Waals surface area (Å²) in [4.78, 5) is 27.5. The number of methoxy groups -OCH3 is 3. The first-order chi connectivity index (χ1) is 13.9. The van der Waals surface area contributed by atoms with Gasteiger partial charge in [-0.1, -0.05) is 18.2 Å². The summed E-state index contributed by atoms with van der Waals surface area (Å²) >= 11 is 0. The Morgan fingerprint density at radius 2 is 1.69 bits per heavy atom. The van der Waals surface area contributed by atoms with Gasteiger partial charge in [-0.2, -0.15) is 0 Å². The van der Waals surface area contributed by atoms with Crippen molar-refractivity contribution in [3.63, 3.8) is 0 Å². The minimum atomic E-state index is -0.964. The average Bonchev–Trinajstić information content (AvgIpc) is 3.07. The second-order valence-corrected chi connectivity index (χ2v) is 6.82. The van der Waals surface area contributed by atoms with Crippen molar-refractivity contribution >= 4 is 17.6 Å². The van der Waals surface area contributed by atoms with Crippen molar-refractivity contribution in [1.82, 2.24) is 0 Å². The van der Waals surface area contributed by atoms with Gasteiger partial charge in [0, 0.05) is 11.7 Å². The number of para-hydroxylation sites is 1. The molecule has 29 heavy (non-hydrogen) atoms. The van der Waals surface area contributed by atoms with Crippen LogP contribution < -0.4 is 19.1 Å². The Kier molecular flexibility index (Phi) is 5.96. The highest BCUT2D eigenvalue weighted by atomic mass is 16.6. The van der Waals surface area contributed by atoms with Crippen molar-refractivity contribution in [2.45, 2.75) is 32.4 Å². The van der Waals surface area contributed by atoms with Gasteiger partial charge in [-0.05, 0) is 44.0 Å². The van der Waals surface area contributed by atoms with Gasteiger partial charge in [0.15, 0.2) is 17.6 Å². The third-order valence-corrected chi connectivity index (χ3v) is 5.00. The lowest BCUT2D eigenvalue weighted by atomic mass is 10.1. The molecule has 2 aromatic carbocycles. The van der Waals surface area contributed by atoms with Crippen LogP contribution in [0.15, 0.2) is 36.4 Å². The Bertz CT molecular complexity index is 926. The fourth-order valence-electron chi connectivity index (χ4n) is 3.63. The maximum absolute atomic E-state index is 13.0. The minimum Gasteiger partial charge on any atom is -0.493 e. The van der Waals surface area contributed by atoms with Gasteiger partial charge in [0.2, 0.25) is 5.75 Å². The molecule has 0 aromatic heterocycles. The van der Waals surface area contributed by atoms with Crippen molar-refractivity contribution in [2.75, 3.05) is 26.2 Å². The first-order valence-electron chi connectivity index (χ1n) is 9.33. The van der Waals surface area contributed by atoms with E-state index in [1.54, 1.807) is 17.9 Å². The molecule has 3 rings (SSSR count). The van der Waals surface area contributed by atoms with E-state index in [4.69, 9.17) is 18.9 Å². The highest BCUT2D eigenvalue weighted by molar-refractivity contribution is 6.01. The number of benzene rings is 2. The van der Waals surface area contributed by atoms with Crippen LogP contribution in [0, 0.1) is 0 Å². The number of anilines is 1. The number of nitrogens with zero attached hydrogens (tertiary/aromatic N) is 1. The Labute approximate surface area is 170 Å². The zero-order valence-corrected chi connectivity index (χ0v) is 17.2. The fourth-order valence-corrected chi connectivity index (χ4v) is 3.63. The molecule has 0 saturated heterocycles. The van der Waals surface area contributed by atoms with Gasteiger partial charge >= 0.3 is 5.97 Å². The summed E-state index contributed by atoms with van der Waals surface area (Å²) in [6.07, 6.45) is -0.194. The number of hydrogen-bond acceptors (Lipinski definition) is 6. The third kappa shape index (κ3) is 3.72. The van der Waals surface area contributed by atoms with E-state index in [-0.39, 0.29) is 29.0 Å². The van der Waals surface area contributed by atoms with Crippen molar-refractivity contribution < 1.29 is 28.5 Å². The molecule has 0 spiro atoms. The summed E-state index contributed by atoms with van der Waals surface area (Å²) in [6, 6.07) is 10.9. The summed E-state index contributed by atoms with van der Waals surface area (Å²) < 4.78 is 21.3. The van der Waals surface area contributed by atoms with E-state index in [0.29, 0.717) is 5.75 Å². The van der Waals surface area contributed by atoms with Crippen molar-refractivity contribution in [3.05, 3.63) is 47.5 Å². The van der Waals surface area contributed by atoms with Crippen molar-refractivity contribution in [2.24, 2.45) is 0 Å². The lowest BCUT2D eigenvalue weighted by molar-refractivity contribution is -0.126. The summed E-state index contributed by atoms with van der Waals surface area (Å²) in [5.74, 6) is -0.0477. The SMILES string of the molecule is COc1ccc(C(=O)O[C@@H](C)C(=O)N2c3ccccc3C[C@@H]2C)c(OC)c1OC. The van der Waals surface area contributed by atoms with Crippen LogP contribution in [0.1, 0.15) is 29.8 Å². The number of carbonyl (C=O) groups excluding carboxylic acids is 2. The summed E-state index contributed by atoms with van der Waals surface area (Å²) in [5.41, 5.74) is 2.12. The molecule has 1 heterocycles. The number of amides is 1. The number of esters is 1. The molecule has 0 unspecified atom stereocenters. The Morgan fingerprint density at radius 1 is 1.00 bits per heavy atom. The molecule has 0 N–H and O–H groups in total. The predicted molar refractivity (Wildman–Crippen MR) is 108 cm³/mol. The van der Waals surface area contributed by atoms with Gasteiger partial charge in [-0.25, -0.2) is 4.79 Å². The average molecular weight is 399 g/mol. The number of fused-ring (bicyclic) bond motifs is 1. The van der Waals surface area contributed by atoms with Crippen LogP contribution in [-0.4, -0.2) is 45.4 Å². The molecule has 0 fully saturated rings. The first kappa shape index (κ1) is 20.5.